The second-order valence-electron chi connectivity index (χ2n) is 3.81. The molecule has 1 N–H and O–H groups in total. The number of hydrogen-bond donors (Lipinski definition) is 1. The summed E-state index contributed by atoms with van der Waals surface area (Å²) in [6.07, 6.45) is 3.07. The lowest BCUT2D eigenvalue weighted by atomic mass is 10.2. The van der Waals surface area contributed by atoms with E-state index in [1.54, 1.807) is 0 Å². The fourth-order valence-electron chi connectivity index (χ4n) is 1.27. The molecule has 0 aliphatic carbocycles. The van der Waals surface area contributed by atoms with Crippen molar-refractivity contribution in [2.75, 3.05) is 18.6 Å². The van der Waals surface area contributed by atoms with Crippen molar-refractivity contribution in [2.45, 2.75) is 0 Å². The number of carboxylic acid groups (broad SMARTS) is 1. The van der Waals surface area contributed by atoms with Gasteiger partial charge in [0.15, 0.2) is 21.4 Å². The molecule has 0 radical (unpaired) electrons. The van der Waals surface area contributed by atoms with E-state index in [0.29, 0.717) is 0 Å². The van der Waals surface area contributed by atoms with Crippen molar-refractivity contribution >= 4 is 21.9 Å². The summed E-state index contributed by atoms with van der Waals surface area (Å²) in [7, 11) is -3.21. The lowest BCUT2D eigenvalue weighted by Crippen LogP contribution is -2.13. The summed E-state index contributed by atoms with van der Waals surface area (Å²) < 4.78 is 40.5. The highest BCUT2D eigenvalue weighted by Gasteiger charge is 2.10. The molecule has 0 unspecified atom stereocenters. The highest BCUT2D eigenvalue weighted by molar-refractivity contribution is 7.90. The van der Waals surface area contributed by atoms with E-state index in [4.69, 9.17) is 9.84 Å². The largest absolute Gasteiger partial charge is 0.489 e. The third kappa shape index (κ3) is 5.52. The van der Waals surface area contributed by atoms with Gasteiger partial charge in [-0.1, -0.05) is 12.1 Å². The van der Waals surface area contributed by atoms with Gasteiger partial charge in [-0.05, 0) is 12.1 Å². The summed E-state index contributed by atoms with van der Waals surface area (Å²) in [5.74, 6) is -2.26. The number of aliphatic carboxylic acids is 1. The molecule has 5 nitrogen and oxygen atoms in total. The van der Waals surface area contributed by atoms with Crippen LogP contribution in [0.15, 0.2) is 24.3 Å². The van der Waals surface area contributed by atoms with Gasteiger partial charge in [0.25, 0.3) is 0 Å². The molecule has 104 valence electrons. The summed E-state index contributed by atoms with van der Waals surface area (Å²) in [4.78, 5) is 10.4. The van der Waals surface area contributed by atoms with Gasteiger partial charge in [-0.2, -0.15) is 0 Å². The molecule has 0 atom stereocenters. The van der Waals surface area contributed by atoms with Crippen LogP contribution in [0.3, 0.4) is 0 Å². The van der Waals surface area contributed by atoms with E-state index in [0.717, 1.165) is 18.4 Å². The molecular formula is C12H13FO5S. The highest BCUT2D eigenvalue weighted by atomic mass is 32.2. The molecule has 0 fully saturated rings. The van der Waals surface area contributed by atoms with Crippen LogP contribution in [0.2, 0.25) is 0 Å². The Kier molecular flexibility index (Phi) is 5.05. The molecule has 0 bridgehead atoms. The average molecular weight is 288 g/mol. The maximum Gasteiger partial charge on any atom is 0.328 e. The van der Waals surface area contributed by atoms with E-state index in [-0.39, 0.29) is 23.7 Å². The predicted octanol–water partition coefficient (Wildman–Crippen LogP) is 1.35. The zero-order chi connectivity index (χ0) is 14.5. The Balaban J connectivity index is 2.89. The van der Waals surface area contributed by atoms with Crippen LogP contribution in [-0.4, -0.2) is 38.1 Å². The minimum absolute atomic E-state index is 0.163. The third-order valence-corrected chi connectivity index (χ3v) is 3.01. The van der Waals surface area contributed by atoms with Crippen LogP contribution in [0, 0.1) is 5.82 Å². The Hall–Kier alpha value is -1.89. The molecule has 0 saturated carbocycles. The van der Waals surface area contributed by atoms with Crippen LogP contribution in [-0.2, 0) is 14.6 Å². The number of sulfone groups is 1. The lowest BCUT2D eigenvalue weighted by molar-refractivity contribution is -0.131. The quantitative estimate of drug-likeness (QED) is 0.799. The molecule has 1 rings (SSSR count). The van der Waals surface area contributed by atoms with E-state index < -0.39 is 21.6 Å². The van der Waals surface area contributed by atoms with Crippen LogP contribution >= 0.6 is 0 Å². The highest BCUT2D eigenvalue weighted by Crippen LogP contribution is 2.24. The van der Waals surface area contributed by atoms with Crippen molar-refractivity contribution in [3.05, 3.63) is 35.7 Å². The van der Waals surface area contributed by atoms with Crippen molar-refractivity contribution in [3.63, 3.8) is 0 Å². The zero-order valence-corrected chi connectivity index (χ0v) is 11.0. The molecule has 0 saturated heterocycles. The second kappa shape index (κ2) is 6.33. The zero-order valence-electron chi connectivity index (χ0n) is 10.2. The molecule has 7 heteroatoms. The summed E-state index contributed by atoms with van der Waals surface area (Å²) in [5, 5.41) is 8.52. The van der Waals surface area contributed by atoms with Crippen LogP contribution in [0.1, 0.15) is 5.56 Å². The van der Waals surface area contributed by atoms with Gasteiger partial charge >= 0.3 is 5.97 Å². The third-order valence-electron chi connectivity index (χ3n) is 2.10. The second-order valence-corrected chi connectivity index (χ2v) is 6.07. The first-order chi connectivity index (χ1) is 8.79. The number of para-hydroxylation sites is 1. The molecule has 0 spiro atoms. The number of ether oxygens (including phenoxy) is 1. The number of carboxylic acids is 1. The number of benzene rings is 1. The average Bonchev–Trinajstić information content (AvgIpc) is 2.27. The summed E-state index contributed by atoms with van der Waals surface area (Å²) in [5.41, 5.74) is 0.232. The first-order valence-corrected chi connectivity index (χ1v) is 7.35. The lowest BCUT2D eigenvalue weighted by Gasteiger charge is -2.09. The molecule has 1 aromatic rings. The van der Waals surface area contributed by atoms with Gasteiger partial charge in [-0.25, -0.2) is 17.6 Å². The Morgan fingerprint density at radius 1 is 1.47 bits per heavy atom. The van der Waals surface area contributed by atoms with E-state index in [1.165, 1.54) is 18.2 Å². The predicted molar refractivity (Wildman–Crippen MR) is 68.3 cm³/mol. The minimum Gasteiger partial charge on any atom is -0.489 e. The Bertz CT molecular complexity index is 592. The normalized spacial score (nSPS) is 11.7. The number of rotatable bonds is 6. The van der Waals surface area contributed by atoms with Gasteiger partial charge in [0.2, 0.25) is 0 Å². The van der Waals surface area contributed by atoms with Gasteiger partial charge in [0.1, 0.15) is 6.61 Å². The van der Waals surface area contributed by atoms with Crippen molar-refractivity contribution in [1.29, 1.82) is 0 Å². The topological polar surface area (TPSA) is 80.7 Å². The SMILES string of the molecule is CS(=O)(=O)CCOc1c(F)cccc1/C=C/C(=O)O. The Labute approximate surface area is 110 Å². The summed E-state index contributed by atoms with van der Waals surface area (Å²) >= 11 is 0. The minimum atomic E-state index is -3.21. The Morgan fingerprint density at radius 2 is 2.16 bits per heavy atom. The van der Waals surface area contributed by atoms with Crippen LogP contribution < -0.4 is 4.74 Å². The van der Waals surface area contributed by atoms with Crippen LogP contribution in [0.4, 0.5) is 4.39 Å². The Morgan fingerprint density at radius 3 is 2.74 bits per heavy atom. The molecule has 19 heavy (non-hydrogen) atoms. The fraction of sp³-hybridized carbons (Fsp3) is 0.250. The van der Waals surface area contributed by atoms with E-state index in [2.05, 4.69) is 0 Å². The van der Waals surface area contributed by atoms with Gasteiger partial charge in [-0.15, -0.1) is 0 Å². The first kappa shape index (κ1) is 15.2. The molecule has 0 aromatic heterocycles. The number of carbonyl (C=O) groups is 1. The molecule has 0 aliphatic heterocycles. The molecule has 1 aromatic carbocycles. The van der Waals surface area contributed by atoms with Crippen LogP contribution in [0.25, 0.3) is 6.08 Å². The summed E-state index contributed by atoms with van der Waals surface area (Å²) in [6.45, 7) is -0.201. The molecule has 0 amide bonds. The van der Waals surface area contributed by atoms with Gasteiger partial charge < -0.3 is 9.84 Å². The van der Waals surface area contributed by atoms with Crippen molar-refractivity contribution in [1.82, 2.24) is 0 Å². The smallest absolute Gasteiger partial charge is 0.328 e. The van der Waals surface area contributed by atoms with Gasteiger partial charge in [0.05, 0.1) is 5.75 Å². The van der Waals surface area contributed by atoms with Crippen LogP contribution in [0.5, 0.6) is 5.75 Å². The first-order valence-electron chi connectivity index (χ1n) is 5.29. The van der Waals surface area contributed by atoms with E-state index >= 15 is 0 Å². The monoisotopic (exact) mass is 288 g/mol. The standard InChI is InChI=1S/C12H13FO5S/c1-19(16,17)8-7-18-12-9(5-6-11(14)15)3-2-4-10(12)13/h2-6H,7-8H2,1H3,(H,14,15)/b6-5+. The molecular weight excluding hydrogens is 275 g/mol. The number of halogens is 1. The van der Waals surface area contributed by atoms with Crippen molar-refractivity contribution < 1.29 is 27.4 Å². The van der Waals surface area contributed by atoms with Crippen molar-refractivity contribution in [3.8, 4) is 5.75 Å². The summed E-state index contributed by atoms with van der Waals surface area (Å²) in [6, 6.07) is 4.02. The maximum atomic E-state index is 13.5. The number of hydrogen-bond acceptors (Lipinski definition) is 4. The van der Waals surface area contributed by atoms with E-state index in [9.17, 15) is 17.6 Å². The maximum absolute atomic E-state index is 13.5. The fourth-order valence-corrected chi connectivity index (χ4v) is 1.65. The van der Waals surface area contributed by atoms with Crippen molar-refractivity contribution in [2.24, 2.45) is 0 Å². The van der Waals surface area contributed by atoms with Gasteiger partial charge in [0, 0.05) is 17.9 Å². The van der Waals surface area contributed by atoms with Gasteiger partial charge in [-0.3, -0.25) is 0 Å². The molecule has 0 heterocycles. The molecule has 0 aliphatic rings. The van der Waals surface area contributed by atoms with E-state index in [1.807, 2.05) is 0 Å².